The van der Waals surface area contributed by atoms with E-state index < -0.39 is 0 Å². The fourth-order valence-corrected chi connectivity index (χ4v) is 9.16. The summed E-state index contributed by atoms with van der Waals surface area (Å²) in [6.45, 7) is 0. The predicted octanol–water partition coefficient (Wildman–Crippen LogP) is 13.8. The first-order chi connectivity index (χ1) is 28.2. The van der Waals surface area contributed by atoms with Gasteiger partial charge in [-0.05, 0) is 58.8 Å². The van der Waals surface area contributed by atoms with Crippen molar-refractivity contribution >= 4 is 76.2 Å². The average molecular weight is 749 g/mol. The van der Waals surface area contributed by atoms with Crippen LogP contribution in [0.25, 0.3) is 121 Å². The summed E-state index contributed by atoms with van der Waals surface area (Å²) in [7, 11) is 0. The van der Waals surface area contributed by atoms with E-state index in [-0.39, 0.29) is 0 Å². The largest absolute Gasteiger partial charge is 0.456 e. The quantitative estimate of drug-likeness (QED) is 0.174. The van der Waals surface area contributed by atoms with Crippen molar-refractivity contribution in [1.82, 2.24) is 19.9 Å². The number of thiazole rings is 1. The van der Waals surface area contributed by atoms with Gasteiger partial charge in [0.25, 0.3) is 0 Å². The summed E-state index contributed by atoms with van der Waals surface area (Å²) in [5, 5.41) is 7.28. The second-order valence-corrected chi connectivity index (χ2v) is 15.2. The van der Waals surface area contributed by atoms with E-state index in [2.05, 4.69) is 78.9 Å². The molecular weight excluding hydrogens is 721 g/mol. The minimum absolute atomic E-state index is 0.603. The summed E-state index contributed by atoms with van der Waals surface area (Å²) >= 11 is 1.68. The smallest absolute Gasteiger partial charge is 0.164 e. The lowest BCUT2D eigenvalue weighted by atomic mass is 9.95. The average Bonchev–Trinajstić information content (AvgIpc) is 3.99. The third-order valence-electron chi connectivity index (χ3n) is 10.7. The van der Waals surface area contributed by atoms with Crippen molar-refractivity contribution in [3.05, 3.63) is 170 Å². The first kappa shape index (κ1) is 31.8. The Hall–Kier alpha value is -7.48. The lowest BCUT2D eigenvalue weighted by molar-refractivity contribution is 0.668. The topological polar surface area (TPSA) is 77.8 Å². The molecule has 8 aromatic carbocycles. The highest BCUT2D eigenvalue weighted by Gasteiger charge is 2.22. The van der Waals surface area contributed by atoms with E-state index in [1.165, 1.54) is 0 Å². The third kappa shape index (κ3) is 5.17. The Bertz CT molecular complexity index is 3470. The second kappa shape index (κ2) is 12.5. The number of rotatable bonds is 5. The summed E-state index contributed by atoms with van der Waals surface area (Å²) in [4.78, 5) is 20.7. The van der Waals surface area contributed by atoms with E-state index in [1.807, 2.05) is 91.0 Å². The molecule has 266 valence electrons. The fraction of sp³-hybridized carbons (Fsp3) is 0. The van der Waals surface area contributed by atoms with E-state index in [9.17, 15) is 0 Å². The van der Waals surface area contributed by atoms with E-state index in [1.54, 1.807) is 11.3 Å². The van der Waals surface area contributed by atoms with Crippen LogP contribution >= 0.6 is 11.3 Å². The number of hydrogen-bond acceptors (Lipinski definition) is 7. The van der Waals surface area contributed by atoms with E-state index in [0.717, 1.165) is 103 Å². The molecule has 0 aliphatic carbocycles. The highest BCUT2D eigenvalue weighted by molar-refractivity contribution is 7.22. The van der Waals surface area contributed by atoms with Crippen molar-refractivity contribution < 1.29 is 8.83 Å². The standard InChI is InChI=1S/C50H28N4O2S/c1-3-13-29(14-4-1)47-52-48(30-15-5-2-6-16-30)54-49(53-47)39-26-33(25-31-17-7-8-18-34(31)39)38-28-43-44(37-20-10-12-22-41(37)56-43)45-46(38)57-50(51-45)32-23-24-36-35-19-9-11-21-40(35)55-42(36)27-32/h1-28H. The van der Waals surface area contributed by atoms with Crippen LogP contribution in [0.4, 0.5) is 0 Å². The molecule has 0 radical (unpaired) electrons. The van der Waals surface area contributed by atoms with Crippen LogP contribution in [0.5, 0.6) is 0 Å². The maximum Gasteiger partial charge on any atom is 0.164 e. The number of benzene rings is 8. The first-order valence-electron chi connectivity index (χ1n) is 18.8. The normalized spacial score (nSPS) is 11.9. The molecule has 12 rings (SSSR count). The number of fused-ring (bicyclic) bond motifs is 9. The van der Waals surface area contributed by atoms with Gasteiger partial charge in [-0.15, -0.1) is 11.3 Å². The SMILES string of the molecule is c1ccc(-c2nc(-c3ccccc3)nc(-c3cc(-c4cc5oc6ccccc6c5c5nc(-c6ccc7c(c6)oc6ccccc67)sc45)cc4ccccc34)n2)cc1. The highest BCUT2D eigenvalue weighted by Crippen LogP contribution is 2.46. The van der Waals surface area contributed by atoms with Crippen molar-refractivity contribution in [3.8, 4) is 55.9 Å². The van der Waals surface area contributed by atoms with Crippen LogP contribution in [-0.2, 0) is 0 Å². The molecule has 0 spiro atoms. The molecule has 57 heavy (non-hydrogen) atoms. The number of furan rings is 2. The minimum Gasteiger partial charge on any atom is -0.456 e. The lowest BCUT2D eigenvalue weighted by Gasteiger charge is -2.13. The van der Waals surface area contributed by atoms with E-state index >= 15 is 0 Å². The lowest BCUT2D eigenvalue weighted by Crippen LogP contribution is -2.00. The molecule has 0 saturated heterocycles. The maximum atomic E-state index is 6.58. The van der Waals surface area contributed by atoms with Crippen LogP contribution in [0.15, 0.2) is 179 Å². The van der Waals surface area contributed by atoms with Crippen molar-refractivity contribution in [2.24, 2.45) is 0 Å². The zero-order valence-corrected chi connectivity index (χ0v) is 31.0. The highest BCUT2D eigenvalue weighted by atomic mass is 32.1. The molecule has 0 saturated carbocycles. The maximum absolute atomic E-state index is 6.58. The van der Waals surface area contributed by atoms with Gasteiger partial charge in [-0.25, -0.2) is 19.9 Å². The summed E-state index contributed by atoms with van der Waals surface area (Å²) < 4.78 is 14.0. The second-order valence-electron chi connectivity index (χ2n) is 14.2. The minimum atomic E-state index is 0.603. The van der Waals surface area contributed by atoms with Gasteiger partial charge in [0, 0.05) is 44.0 Å². The number of para-hydroxylation sites is 2. The number of aromatic nitrogens is 4. The molecule has 6 nitrogen and oxygen atoms in total. The van der Waals surface area contributed by atoms with Gasteiger partial charge in [-0.2, -0.15) is 0 Å². The van der Waals surface area contributed by atoms with Crippen molar-refractivity contribution in [2.75, 3.05) is 0 Å². The zero-order valence-electron chi connectivity index (χ0n) is 30.2. The molecule has 0 aliphatic rings. The van der Waals surface area contributed by atoms with Crippen LogP contribution in [-0.4, -0.2) is 19.9 Å². The first-order valence-corrected chi connectivity index (χ1v) is 19.6. The van der Waals surface area contributed by atoms with Crippen LogP contribution < -0.4 is 0 Å². The van der Waals surface area contributed by atoms with E-state index in [4.69, 9.17) is 28.8 Å². The van der Waals surface area contributed by atoms with Crippen molar-refractivity contribution in [1.29, 1.82) is 0 Å². The van der Waals surface area contributed by atoms with Crippen LogP contribution in [0.2, 0.25) is 0 Å². The van der Waals surface area contributed by atoms with Gasteiger partial charge >= 0.3 is 0 Å². The van der Waals surface area contributed by atoms with Gasteiger partial charge in [0.15, 0.2) is 17.5 Å². The molecular formula is C50H28N4O2S. The van der Waals surface area contributed by atoms with Crippen molar-refractivity contribution in [3.63, 3.8) is 0 Å². The Morgan fingerprint density at radius 3 is 1.72 bits per heavy atom. The zero-order chi connectivity index (χ0) is 37.5. The molecule has 0 atom stereocenters. The van der Waals surface area contributed by atoms with Gasteiger partial charge in [-0.1, -0.05) is 127 Å². The van der Waals surface area contributed by atoms with Gasteiger partial charge in [-0.3, -0.25) is 0 Å². The third-order valence-corrected chi connectivity index (χ3v) is 11.9. The van der Waals surface area contributed by atoms with Gasteiger partial charge in [0.1, 0.15) is 27.3 Å². The molecule has 0 fully saturated rings. The van der Waals surface area contributed by atoms with E-state index in [0.29, 0.717) is 17.5 Å². The summed E-state index contributed by atoms with van der Waals surface area (Å²) in [6, 6.07) is 58.0. The van der Waals surface area contributed by atoms with Gasteiger partial charge in [0.2, 0.25) is 0 Å². The molecule has 0 amide bonds. The Morgan fingerprint density at radius 1 is 0.368 bits per heavy atom. The fourth-order valence-electron chi connectivity index (χ4n) is 8.06. The molecule has 12 aromatic rings. The van der Waals surface area contributed by atoms with Crippen LogP contribution in [0.3, 0.4) is 0 Å². The van der Waals surface area contributed by atoms with Gasteiger partial charge in [0.05, 0.1) is 15.6 Å². The summed E-state index contributed by atoms with van der Waals surface area (Å²) in [5.41, 5.74) is 10.0. The number of hydrogen-bond donors (Lipinski definition) is 0. The Labute approximate surface area is 329 Å². The van der Waals surface area contributed by atoms with Crippen LogP contribution in [0.1, 0.15) is 0 Å². The Kier molecular flexibility index (Phi) is 7.00. The number of nitrogens with zero attached hydrogens (tertiary/aromatic N) is 4. The van der Waals surface area contributed by atoms with Crippen LogP contribution in [0, 0.1) is 0 Å². The summed E-state index contributed by atoms with van der Waals surface area (Å²) in [5.74, 6) is 1.84. The monoisotopic (exact) mass is 748 g/mol. The molecule has 0 bridgehead atoms. The molecule has 4 aromatic heterocycles. The Morgan fingerprint density at radius 2 is 0.965 bits per heavy atom. The molecule has 4 heterocycles. The predicted molar refractivity (Wildman–Crippen MR) is 232 cm³/mol. The molecule has 7 heteroatoms. The molecule has 0 unspecified atom stereocenters. The van der Waals surface area contributed by atoms with Crippen molar-refractivity contribution in [2.45, 2.75) is 0 Å². The Balaban J connectivity index is 1.11. The summed E-state index contributed by atoms with van der Waals surface area (Å²) in [6.07, 6.45) is 0. The van der Waals surface area contributed by atoms with Gasteiger partial charge < -0.3 is 8.83 Å². The molecule has 0 N–H and O–H groups in total. The molecule has 0 aliphatic heterocycles.